The Morgan fingerprint density at radius 2 is 1.69 bits per heavy atom. The Kier molecular flexibility index (Phi) is 9.74. The van der Waals surface area contributed by atoms with Crippen molar-refractivity contribution in [2.45, 2.75) is 6.16 Å². The first-order valence-corrected chi connectivity index (χ1v) is 4.81. The first-order valence-electron chi connectivity index (χ1n) is 3.01. The van der Waals surface area contributed by atoms with Crippen LogP contribution in [0.4, 0.5) is 0 Å². The fraction of sp³-hybridized carbons (Fsp3) is 0.167. The normalized spacial score (nSPS) is 9.69. The molecule has 0 amide bonds. The summed E-state index contributed by atoms with van der Waals surface area (Å²) in [6.45, 7) is 0. The molecule has 1 rings (SSSR count). The van der Waals surface area contributed by atoms with Gasteiger partial charge in [-0.15, -0.1) is 0 Å². The third-order valence-electron chi connectivity index (χ3n) is 1.14. The summed E-state index contributed by atoms with van der Waals surface area (Å²) in [6.07, 6.45) is 2.80. The minimum absolute atomic E-state index is 0. The van der Waals surface area contributed by atoms with E-state index >= 15 is 0 Å². The third kappa shape index (κ3) is 8.30. The van der Waals surface area contributed by atoms with Crippen LogP contribution in [0, 0.1) is 0 Å². The average molecular weight is 221 g/mol. The van der Waals surface area contributed by atoms with Gasteiger partial charge in [0.15, 0.2) is 0 Å². The van der Waals surface area contributed by atoms with Crippen LogP contribution in [-0.2, 0) is 10.7 Å². The van der Waals surface area contributed by atoms with Crippen molar-refractivity contribution in [3.63, 3.8) is 0 Å². The number of hydrogen-bond donors (Lipinski definition) is 2. The van der Waals surface area contributed by atoms with Gasteiger partial charge in [0.05, 0.1) is 6.16 Å². The molecule has 0 aromatic carbocycles. The minimum atomic E-state index is -3.92. The predicted octanol–water partition coefficient (Wildman–Crippen LogP) is -0.538. The zero-order valence-corrected chi connectivity index (χ0v) is 6.61. The van der Waals surface area contributed by atoms with Crippen LogP contribution in [0.25, 0.3) is 0 Å². The molecule has 1 aromatic rings. The molecule has 13 heavy (non-hydrogen) atoms. The molecule has 2 N–H and O–H groups in total. The van der Waals surface area contributed by atoms with E-state index in [0.29, 0.717) is 5.56 Å². The second-order valence-electron chi connectivity index (χ2n) is 2.18. The first kappa shape index (κ1) is 16.7. The Morgan fingerprint density at radius 3 is 2.08 bits per heavy atom. The number of hydrogen-bond acceptors (Lipinski definition) is 2. The van der Waals surface area contributed by atoms with Gasteiger partial charge in [-0.1, -0.05) is 0 Å². The van der Waals surface area contributed by atoms with Crippen LogP contribution >= 0.6 is 7.60 Å². The van der Waals surface area contributed by atoms with Crippen molar-refractivity contribution in [1.29, 1.82) is 0 Å². The molecule has 7 heteroatoms. The standard InChI is InChI=1S/C6H8NO3P.2Na.2H/c8-11(9,10)5-6-1-3-7-4-2-6;;;;/h1-4H,5H2,(H2,8,9,10);;;;. The van der Waals surface area contributed by atoms with E-state index in [9.17, 15) is 4.57 Å². The molecular formula is C6H10NNa2O3P. The predicted molar refractivity (Wildman–Crippen MR) is 54.3 cm³/mol. The molecule has 0 saturated carbocycles. The zero-order chi connectivity index (χ0) is 8.32. The van der Waals surface area contributed by atoms with Gasteiger partial charge in [0.1, 0.15) is 0 Å². The van der Waals surface area contributed by atoms with Crippen LogP contribution < -0.4 is 0 Å². The summed E-state index contributed by atoms with van der Waals surface area (Å²) in [4.78, 5) is 20.8. The second-order valence-corrected chi connectivity index (χ2v) is 3.82. The molecule has 0 atom stereocenters. The zero-order valence-electron chi connectivity index (χ0n) is 5.71. The van der Waals surface area contributed by atoms with Crippen LogP contribution in [0.1, 0.15) is 5.56 Å². The van der Waals surface area contributed by atoms with E-state index in [2.05, 4.69) is 4.98 Å². The molecule has 1 heterocycles. The van der Waals surface area contributed by atoms with E-state index in [1.54, 1.807) is 12.1 Å². The molecule has 64 valence electrons. The molecule has 0 aliphatic heterocycles. The molecule has 0 spiro atoms. The van der Waals surface area contributed by atoms with Gasteiger partial charge in [-0.25, -0.2) is 0 Å². The van der Waals surface area contributed by atoms with Crippen molar-refractivity contribution in [2.75, 3.05) is 0 Å². The molecule has 0 saturated heterocycles. The van der Waals surface area contributed by atoms with Crippen molar-refractivity contribution < 1.29 is 14.4 Å². The molecule has 0 bridgehead atoms. The Bertz CT molecular complexity index is 276. The SMILES string of the molecule is O=P(O)(O)Cc1ccncc1.[NaH].[NaH]. The van der Waals surface area contributed by atoms with Gasteiger partial charge < -0.3 is 9.79 Å². The Hall–Kier alpha value is 1.30. The van der Waals surface area contributed by atoms with E-state index < -0.39 is 7.60 Å². The van der Waals surface area contributed by atoms with Crippen molar-refractivity contribution in [2.24, 2.45) is 0 Å². The van der Waals surface area contributed by atoms with Gasteiger partial charge in [0.2, 0.25) is 0 Å². The van der Waals surface area contributed by atoms with Crippen LogP contribution in [0.5, 0.6) is 0 Å². The average Bonchev–Trinajstić information content (AvgIpc) is 1.85. The number of rotatable bonds is 2. The molecule has 0 fully saturated rings. The molecular weight excluding hydrogens is 211 g/mol. The summed E-state index contributed by atoms with van der Waals surface area (Å²) in [7, 11) is -3.92. The first-order chi connectivity index (χ1) is 5.08. The van der Waals surface area contributed by atoms with Gasteiger partial charge >= 0.3 is 66.7 Å². The molecule has 1 aromatic heterocycles. The Labute approximate surface area is 121 Å². The van der Waals surface area contributed by atoms with Crippen molar-refractivity contribution in [3.05, 3.63) is 30.1 Å². The van der Waals surface area contributed by atoms with E-state index in [-0.39, 0.29) is 65.3 Å². The van der Waals surface area contributed by atoms with Crippen molar-refractivity contribution >= 4 is 66.7 Å². The van der Waals surface area contributed by atoms with Gasteiger partial charge in [-0.3, -0.25) is 9.55 Å². The van der Waals surface area contributed by atoms with E-state index in [1.165, 1.54) is 12.4 Å². The second kappa shape index (κ2) is 7.57. The fourth-order valence-electron chi connectivity index (χ4n) is 0.726. The van der Waals surface area contributed by atoms with Crippen LogP contribution in [0.15, 0.2) is 24.5 Å². The molecule has 0 aliphatic rings. The molecule has 4 nitrogen and oxygen atoms in total. The van der Waals surface area contributed by atoms with Crippen LogP contribution in [-0.4, -0.2) is 73.9 Å². The molecule has 0 unspecified atom stereocenters. The summed E-state index contributed by atoms with van der Waals surface area (Å²) in [5, 5.41) is 0. The topological polar surface area (TPSA) is 70.4 Å². The Balaban J connectivity index is 0. The van der Waals surface area contributed by atoms with Gasteiger partial charge in [-0.05, 0) is 17.7 Å². The van der Waals surface area contributed by atoms with Gasteiger partial charge in [0.25, 0.3) is 0 Å². The summed E-state index contributed by atoms with van der Waals surface area (Å²) in [5.74, 6) is 0. The van der Waals surface area contributed by atoms with E-state index in [1.807, 2.05) is 0 Å². The van der Waals surface area contributed by atoms with E-state index in [0.717, 1.165) is 0 Å². The van der Waals surface area contributed by atoms with Crippen molar-refractivity contribution in [3.8, 4) is 0 Å². The molecule has 0 aliphatic carbocycles. The van der Waals surface area contributed by atoms with Gasteiger partial charge in [-0.2, -0.15) is 0 Å². The van der Waals surface area contributed by atoms with E-state index in [4.69, 9.17) is 9.79 Å². The Morgan fingerprint density at radius 1 is 1.23 bits per heavy atom. The van der Waals surface area contributed by atoms with Crippen LogP contribution in [0.2, 0.25) is 0 Å². The quantitative estimate of drug-likeness (QED) is 0.520. The summed E-state index contributed by atoms with van der Waals surface area (Å²) in [6, 6.07) is 3.16. The summed E-state index contributed by atoms with van der Waals surface area (Å²) in [5.41, 5.74) is 0.605. The van der Waals surface area contributed by atoms with Crippen molar-refractivity contribution in [1.82, 2.24) is 4.98 Å². The number of nitrogens with zero attached hydrogens (tertiary/aromatic N) is 1. The maximum absolute atomic E-state index is 10.5. The monoisotopic (exact) mass is 221 g/mol. The van der Waals surface area contributed by atoms with Crippen LogP contribution in [0.3, 0.4) is 0 Å². The number of aromatic nitrogens is 1. The maximum atomic E-state index is 10.5. The van der Waals surface area contributed by atoms with Gasteiger partial charge in [0, 0.05) is 12.4 Å². The number of pyridine rings is 1. The summed E-state index contributed by atoms with van der Waals surface area (Å²) >= 11 is 0. The fourth-order valence-corrected chi connectivity index (χ4v) is 1.41. The summed E-state index contributed by atoms with van der Waals surface area (Å²) < 4.78 is 10.5. The molecule has 0 radical (unpaired) electrons. The third-order valence-corrected chi connectivity index (χ3v) is 1.91.